The van der Waals surface area contributed by atoms with Crippen LogP contribution in [0.3, 0.4) is 0 Å². The molecule has 0 aromatic heterocycles. The third-order valence-corrected chi connectivity index (χ3v) is 4.76. The average molecular weight is 404 g/mol. The number of aliphatic hydroxyl groups excluding tert-OH is 1. The second kappa shape index (κ2) is 13.0. The van der Waals surface area contributed by atoms with Gasteiger partial charge >= 0.3 is 0 Å². The van der Waals surface area contributed by atoms with E-state index >= 15 is 0 Å². The molecule has 0 saturated carbocycles. The fourth-order valence-corrected chi connectivity index (χ4v) is 3.03. The Morgan fingerprint density at radius 3 is 2.31 bits per heavy atom. The van der Waals surface area contributed by atoms with E-state index in [4.69, 9.17) is 9.47 Å². The summed E-state index contributed by atoms with van der Waals surface area (Å²) in [5, 5.41) is 31.9. The Kier molecular flexibility index (Phi) is 10.3. The molecule has 0 aliphatic rings. The predicted molar refractivity (Wildman–Crippen MR) is 113 cm³/mol. The van der Waals surface area contributed by atoms with E-state index in [9.17, 15) is 15.3 Å². The number of aliphatic hydroxyl groups is 1. The molecule has 2 aromatic rings. The number of phenols is 2. The fourth-order valence-electron chi connectivity index (χ4n) is 3.03. The van der Waals surface area contributed by atoms with Crippen molar-refractivity contribution in [1.29, 1.82) is 0 Å². The fraction of sp³-hybridized carbons (Fsp3) is 0.478. The van der Waals surface area contributed by atoms with Crippen molar-refractivity contribution in [1.82, 2.24) is 5.32 Å². The quantitative estimate of drug-likeness (QED) is 0.220. The third-order valence-electron chi connectivity index (χ3n) is 4.76. The highest BCUT2D eigenvalue weighted by atomic mass is 16.5. The van der Waals surface area contributed by atoms with Crippen LogP contribution in [0.2, 0.25) is 0 Å². The molecule has 160 valence electrons. The number of ether oxygens (including phenoxy) is 2. The zero-order chi connectivity index (χ0) is 20.9. The molecule has 0 heterocycles. The van der Waals surface area contributed by atoms with Gasteiger partial charge in [0.05, 0.1) is 13.7 Å². The maximum atomic E-state index is 10.0. The topological polar surface area (TPSA) is 91.2 Å². The summed E-state index contributed by atoms with van der Waals surface area (Å²) in [6, 6.07) is 12.6. The van der Waals surface area contributed by atoms with E-state index in [1.54, 1.807) is 13.2 Å². The van der Waals surface area contributed by atoms with Crippen LogP contribution in [-0.2, 0) is 17.6 Å². The van der Waals surface area contributed by atoms with Crippen molar-refractivity contribution in [2.75, 3.05) is 26.9 Å². The standard InChI is InChI=1S/C23H33NO5/c1-28-20-9-6-18(7-10-20)12-15-29-14-5-3-2-4-13-24-23(27)17-19-8-11-21(25)22(26)16-19/h6-11,16,23-27H,2-5,12-15,17H2,1H3. The largest absolute Gasteiger partial charge is 0.504 e. The van der Waals surface area contributed by atoms with Crippen LogP contribution in [0.15, 0.2) is 42.5 Å². The predicted octanol–water partition coefficient (Wildman–Crippen LogP) is 3.38. The number of rotatable bonds is 14. The van der Waals surface area contributed by atoms with Crippen molar-refractivity contribution in [3.05, 3.63) is 53.6 Å². The number of hydrogen-bond acceptors (Lipinski definition) is 6. The van der Waals surface area contributed by atoms with Gasteiger partial charge in [0.1, 0.15) is 12.0 Å². The van der Waals surface area contributed by atoms with Crippen molar-refractivity contribution in [3.8, 4) is 17.2 Å². The zero-order valence-electron chi connectivity index (χ0n) is 17.1. The summed E-state index contributed by atoms with van der Waals surface area (Å²) in [4.78, 5) is 0. The Morgan fingerprint density at radius 1 is 0.862 bits per heavy atom. The van der Waals surface area contributed by atoms with Gasteiger partial charge in [-0.1, -0.05) is 31.0 Å². The van der Waals surface area contributed by atoms with Crippen LogP contribution in [0.5, 0.6) is 17.2 Å². The minimum atomic E-state index is -0.666. The van der Waals surface area contributed by atoms with Gasteiger partial charge in [0.25, 0.3) is 0 Å². The van der Waals surface area contributed by atoms with Gasteiger partial charge in [-0.25, -0.2) is 0 Å². The van der Waals surface area contributed by atoms with Gasteiger partial charge in [0, 0.05) is 13.0 Å². The van der Waals surface area contributed by atoms with Crippen molar-refractivity contribution in [2.45, 2.75) is 44.8 Å². The molecule has 29 heavy (non-hydrogen) atoms. The lowest BCUT2D eigenvalue weighted by atomic mass is 10.1. The summed E-state index contributed by atoms with van der Waals surface area (Å²) in [7, 11) is 1.67. The lowest BCUT2D eigenvalue weighted by molar-refractivity contribution is 0.130. The summed E-state index contributed by atoms with van der Waals surface area (Å²) < 4.78 is 10.8. The first-order valence-electron chi connectivity index (χ1n) is 10.2. The van der Waals surface area contributed by atoms with Crippen LogP contribution in [0.4, 0.5) is 0 Å². The first-order valence-corrected chi connectivity index (χ1v) is 10.2. The van der Waals surface area contributed by atoms with Crippen LogP contribution >= 0.6 is 0 Å². The number of hydrogen-bond donors (Lipinski definition) is 4. The Labute approximate surface area is 173 Å². The molecule has 0 aliphatic carbocycles. The Morgan fingerprint density at radius 2 is 1.59 bits per heavy atom. The third kappa shape index (κ3) is 9.17. The number of unbranched alkanes of at least 4 members (excludes halogenated alkanes) is 3. The van der Waals surface area contributed by atoms with Crippen LogP contribution in [-0.4, -0.2) is 48.4 Å². The minimum absolute atomic E-state index is 0.152. The first-order chi connectivity index (χ1) is 14.1. The summed E-state index contributed by atoms with van der Waals surface area (Å²) in [5.41, 5.74) is 2.02. The van der Waals surface area contributed by atoms with Gasteiger partial charge in [-0.3, -0.25) is 5.32 Å². The van der Waals surface area contributed by atoms with E-state index in [0.29, 0.717) is 6.42 Å². The molecular formula is C23H33NO5. The summed E-state index contributed by atoms with van der Waals surface area (Å²) in [6.07, 6.45) is 4.84. The molecule has 6 nitrogen and oxygen atoms in total. The lowest BCUT2D eigenvalue weighted by Crippen LogP contribution is -2.31. The number of methoxy groups -OCH3 is 1. The van der Waals surface area contributed by atoms with E-state index in [2.05, 4.69) is 17.4 Å². The molecule has 0 fully saturated rings. The smallest absolute Gasteiger partial charge is 0.157 e. The molecule has 0 spiro atoms. The van der Waals surface area contributed by atoms with Crippen LogP contribution < -0.4 is 10.1 Å². The number of nitrogens with one attached hydrogen (secondary N) is 1. The first kappa shape index (κ1) is 23.0. The van der Waals surface area contributed by atoms with Gasteiger partial charge < -0.3 is 24.8 Å². The van der Waals surface area contributed by atoms with Gasteiger partial charge in [-0.15, -0.1) is 0 Å². The minimum Gasteiger partial charge on any atom is -0.504 e. The molecule has 0 aliphatic heterocycles. The summed E-state index contributed by atoms with van der Waals surface area (Å²) >= 11 is 0. The van der Waals surface area contributed by atoms with E-state index in [0.717, 1.165) is 63.2 Å². The van der Waals surface area contributed by atoms with Crippen molar-refractivity contribution in [3.63, 3.8) is 0 Å². The van der Waals surface area contributed by atoms with E-state index in [1.807, 2.05) is 12.1 Å². The molecule has 0 radical (unpaired) electrons. The second-order valence-corrected chi connectivity index (χ2v) is 7.12. The van der Waals surface area contributed by atoms with Gasteiger partial charge in [0.2, 0.25) is 0 Å². The highest BCUT2D eigenvalue weighted by Crippen LogP contribution is 2.25. The lowest BCUT2D eigenvalue weighted by Gasteiger charge is -2.13. The molecule has 0 bridgehead atoms. The molecule has 1 unspecified atom stereocenters. The number of aromatic hydroxyl groups is 2. The molecule has 1 atom stereocenters. The highest BCUT2D eigenvalue weighted by molar-refractivity contribution is 5.40. The Bertz CT molecular complexity index is 705. The zero-order valence-corrected chi connectivity index (χ0v) is 17.1. The molecule has 2 aromatic carbocycles. The van der Waals surface area contributed by atoms with Crippen molar-refractivity contribution in [2.24, 2.45) is 0 Å². The molecular weight excluding hydrogens is 370 g/mol. The normalized spacial score (nSPS) is 12.1. The number of phenolic OH excluding ortho intramolecular Hbond substituents is 2. The Hall–Kier alpha value is -2.28. The average Bonchev–Trinajstić information content (AvgIpc) is 2.72. The van der Waals surface area contributed by atoms with E-state index in [1.165, 1.54) is 17.7 Å². The molecule has 4 N–H and O–H groups in total. The van der Waals surface area contributed by atoms with Gasteiger partial charge in [-0.05, 0) is 61.2 Å². The molecule has 0 saturated heterocycles. The maximum Gasteiger partial charge on any atom is 0.157 e. The molecule has 6 heteroatoms. The van der Waals surface area contributed by atoms with Crippen LogP contribution in [0.25, 0.3) is 0 Å². The van der Waals surface area contributed by atoms with E-state index in [-0.39, 0.29) is 11.5 Å². The highest BCUT2D eigenvalue weighted by Gasteiger charge is 2.07. The monoisotopic (exact) mass is 403 g/mol. The second-order valence-electron chi connectivity index (χ2n) is 7.12. The molecule has 2 rings (SSSR count). The van der Waals surface area contributed by atoms with Crippen LogP contribution in [0.1, 0.15) is 36.8 Å². The molecule has 0 amide bonds. The summed E-state index contributed by atoms with van der Waals surface area (Å²) in [5.74, 6) is 0.554. The maximum absolute atomic E-state index is 10.0. The van der Waals surface area contributed by atoms with Crippen molar-refractivity contribution < 1.29 is 24.8 Å². The van der Waals surface area contributed by atoms with E-state index < -0.39 is 6.23 Å². The number of benzene rings is 2. The van der Waals surface area contributed by atoms with Crippen LogP contribution in [0, 0.1) is 0 Å². The Balaban J connectivity index is 1.43. The SMILES string of the molecule is COc1ccc(CCOCCCCCCNC(O)Cc2ccc(O)c(O)c2)cc1. The van der Waals surface area contributed by atoms with Gasteiger partial charge in [0.15, 0.2) is 11.5 Å². The van der Waals surface area contributed by atoms with Gasteiger partial charge in [-0.2, -0.15) is 0 Å². The summed E-state index contributed by atoms with van der Waals surface area (Å²) in [6.45, 7) is 2.24. The van der Waals surface area contributed by atoms with Crippen molar-refractivity contribution >= 4 is 0 Å².